The van der Waals surface area contributed by atoms with Crippen LogP contribution >= 0.6 is 31.9 Å². The minimum atomic E-state index is -0.300. The van der Waals surface area contributed by atoms with Gasteiger partial charge in [-0.2, -0.15) is 0 Å². The molecule has 0 saturated heterocycles. The molecule has 0 saturated carbocycles. The van der Waals surface area contributed by atoms with Gasteiger partial charge in [-0.1, -0.05) is 154 Å². The van der Waals surface area contributed by atoms with E-state index in [1.807, 2.05) is 0 Å². The van der Waals surface area contributed by atoms with Gasteiger partial charge in [0.1, 0.15) is 0 Å². The van der Waals surface area contributed by atoms with Crippen molar-refractivity contribution < 1.29 is 9.53 Å². The number of carbonyl (C=O) groups is 1. The summed E-state index contributed by atoms with van der Waals surface area (Å²) >= 11 is 7.10. The largest absolute Gasteiger partial charge is 0.463 e. The summed E-state index contributed by atoms with van der Waals surface area (Å²) in [6.45, 7) is 3.94. The second kappa shape index (κ2) is 24.7. The Labute approximate surface area is 200 Å². The molecule has 2 nitrogen and oxygen atoms in total. The van der Waals surface area contributed by atoms with Gasteiger partial charge >= 0.3 is 5.97 Å². The highest BCUT2D eigenvalue weighted by atomic mass is 79.9. The summed E-state index contributed by atoms with van der Waals surface area (Å²) in [5, 5.41) is 0. The van der Waals surface area contributed by atoms with Gasteiger partial charge in [0, 0.05) is 6.08 Å². The van der Waals surface area contributed by atoms with Crippen LogP contribution in [0.4, 0.5) is 0 Å². The molecule has 5 heteroatoms. The van der Waals surface area contributed by atoms with Crippen LogP contribution in [0.25, 0.3) is 0 Å². The summed E-state index contributed by atoms with van der Waals surface area (Å²) in [7, 11) is 1.02. The minimum absolute atomic E-state index is 0.300. The van der Waals surface area contributed by atoms with Crippen molar-refractivity contribution in [2.24, 2.45) is 0 Å². The van der Waals surface area contributed by atoms with Crippen LogP contribution in [0.1, 0.15) is 116 Å². The highest BCUT2D eigenvalue weighted by Crippen LogP contribution is 2.15. The summed E-state index contributed by atoms with van der Waals surface area (Å²) in [4.78, 5) is 10.9. The number of rotatable bonds is 23. The Morgan fingerprint density at radius 1 is 0.690 bits per heavy atom. The number of carbonyl (C=O) groups excluding carboxylic acids is 1. The lowest BCUT2D eigenvalue weighted by atomic mass is 10.0. The Hall–Kier alpha value is 0.387. The maximum atomic E-state index is 10.9. The number of hydrogen-bond acceptors (Lipinski definition) is 2. The van der Waals surface area contributed by atoms with Gasteiger partial charge in [0.05, 0.1) is 19.5 Å². The van der Waals surface area contributed by atoms with Crippen LogP contribution in [0.3, 0.4) is 0 Å². The lowest BCUT2D eigenvalue weighted by molar-refractivity contribution is -0.137. The molecule has 170 valence electrons. The van der Waals surface area contributed by atoms with E-state index in [0.29, 0.717) is 9.97 Å². The van der Waals surface area contributed by atoms with Crippen molar-refractivity contribution in [1.82, 2.24) is 0 Å². The van der Waals surface area contributed by atoms with Gasteiger partial charge in [0.15, 0.2) is 0 Å². The lowest BCUT2D eigenvalue weighted by Crippen LogP contribution is -2.01. The van der Waals surface area contributed by atoms with Gasteiger partial charge in [-0.3, -0.25) is 0 Å². The minimum Gasteiger partial charge on any atom is -0.463 e. The van der Waals surface area contributed by atoms with Crippen LogP contribution in [0.2, 0.25) is 6.04 Å². The molecule has 0 fully saturated rings. The van der Waals surface area contributed by atoms with Crippen LogP contribution in [-0.4, -0.2) is 25.5 Å². The molecule has 0 amide bonds. The zero-order valence-electron chi connectivity index (χ0n) is 18.6. The average molecular weight is 553 g/mol. The van der Waals surface area contributed by atoms with Crippen LogP contribution in [0.5, 0.6) is 0 Å². The highest BCUT2D eigenvalue weighted by molar-refractivity contribution is 9.25. The van der Waals surface area contributed by atoms with Crippen molar-refractivity contribution in [1.29, 1.82) is 0 Å². The van der Waals surface area contributed by atoms with Crippen molar-refractivity contribution in [2.75, 3.05) is 6.61 Å². The van der Waals surface area contributed by atoms with Crippen LogP contribution in [0, 0.1) is 0 Å². The van der Waals surface area contributed by atoms with Gasteiger partial charge in [-0.05, 0) is 6.42 Å². The SMILES string of the molecule is C=CC(=O)OCCCCCCCCCCCCCCCCCCCC[Si]C(Br)Br. The molecule has 0 aliphatic heterocycles. The standard InChI is InChI=1S/C24H44Br2O2Si/c1-2-23(27)28-21-19-17-15-13-11-9-7-5-3-4-6-8-10-12-14-16-18-20-22-29-24(25)26/h2,24H,1,3-22H2. The first-order chi connectivity index (χ1) is 14.2. The monoisotopic (exact) mass is 550 g/mol. The summed E-state index contributed by atoms with van der Waals surface area (Å²) in [5.74, 6) is -0.300. The molecule has 0 bridgehead atoms. The molecule has 2 radical (unpaired) electrons. The first kappa shape index (κ1) is 29.4. The van der Waals surface area contributed by atoms with Crippen LogP contribution < -0.4 is 0 Å². The number of esters is 1. The third-order valence-electron chi connectivity index (χ3n) is 5.28. The van der Waals surface area contributed by atoms with Crippen molar-refractivity contribution in [3.63, 3.8) is 0 Å². The second-order valence-electron chi connectivity index (χ2n) is 7.99. The number of alkyl halides is 2. The summed E-state index contributed by atoms with van der Waals surface area (Å²) in [5.41, 5.74) is 0. The smallest absolute Gasteiger partial charge is 0.330 e. The fourth-order valence-corrected chi connectivity index (χ4v) is 5.54. The highest BCUT2D eigenvalue weighted by Gasteiger charge is 1.99. The van der Waals surface area contributed by atoms with Gasteiger partial charge in [-0.25, -0.2) is 4.79 Å². The van der Waals surface area contributed by atoms with E-state index >= 15 is 0 Å². The first-order valence-corrected chi connectivity index (χ1v) is 15.1. The molecule has 29 heavy (non-hydrogen) atoms. The molecule has 0 aromatic heterocycles. The maximum absolute atomic E-state index is 10.9. The Morgan fingerprint density at radius 3 is 1.38 bits per heavy atom. The molecule has 0 aromatic carbocycles. The van der Waals surface area contributed by atoms with Crippen molar-refractivity contribution in [3.8, 4) is 0 Å². The molecule has 0 heterocycles. The molecule has 0 N–H and O–H groups in total. The molecule has 0 aliphatic rings. The van der Waals surface area contributed by atoms with E-state index in [1.165, 1.54) is 121 Å². The Morgan fingerprint density at radius 2 is 1.03 bits per heavy atom. The summed E-state index contributed by atoms with van der Waals surface area (Å²) in [6, 6.07) is 1.37. The van der Waals surface area contributed by atoms with E-state index in [4.69, 9.17) is 4.74 Å². The zero-order chi connectivity index (χ0) is 21.4. The van der Waals surface area contributed by atoms with E-state index in [1.54, 1.807) is 0 Å². The van der Waals surface area contributed by atoms with Gasteiger partial charge < -0.3 is 4.74 Å². The molecule has 0 aromatic rings. The Bertz CT molecular complexity index is 365. The van der Waals surface area contributed by atoms with Crippen molar-refractivity contribution in [2.45, 2.75) is 125 Å². The fourth-order valence-electron chi connectivity index (χ4n) is 3.50. The average Bonchev–Trinajstić information content (AvgIpc) is 2.71. The predicted molar refractivity (Wildman–Crippen MR) is 136 cm³/mol. The van der Waals surface area contributed by atoms with Gasteiger partial charge in [0.2, 0.25) is 0 Å². The Kier molecular flexibility index (Phi) is 25.0. The molecule has 0 aliphatic carbocycles. The summed E-state index contributed by atoms with van der Waals surface area (Å²) < 4.78 is 5.51. The topological polar surface area (TPSA) is 26.3 Å². The molecular formula is C24H44Br2O2Si. The van der Waals surface area contributed by atoms with E-state index in [0.717, 1.165) is 15.9 Å². The van der Waals surface area contributed by atoms with Gasteiger partial charge in [0.25, 0.3) is 0 Å². The molecule has 0 spiro atoms. The predicted octanol–water partition coefficient (Wildman–Crippen LogP) is 8.93. The third-order valence-corrected chi connectivity index (χ3v) is 8.17. The number of ether oxygens (including phenoxy) is 1. The molecule has 0 unspecified atom stereocenters. The fraction of sp³-hybridized carbons (Fsp3) is 0.875. The summed E-state index contributed by atoms with van der Waals surface area (Å²) in [6.07, 6.45) is 25.9. The van der Waals surface area contributed by atoms with Crippen LogP contribution in [0.15, 0.2) is 12.7 Å². The number of halogens is 2. The van der Waals surface area contributed by atoms with Crippen molar-refractivity contribution in [3.05, 3.63) is 12.7 Å². The second-order valence-corrected chi connectivity index (χ2v) is 14.2. The lowest BCUT2D eigenvalue weighted by Gasteiger charge is -2.04. The molecule has 0 atom stereocenters. The van der Waals surface area contributed by atoms with E-state index < -0.39 is 0 Å². The quantitative estimate of drug-likeness (QED) is 0.0416. The van der Waals surface area contributed by atoms with E-state index in [-0.39, 0.29) is 5.97 Å². The normalized spacial score (nSPS) is 11.1. The van der Waals surface area contributed by atoms with Crippen molar-refractivity contribution >= 4 is 47.3 Å². The first-order valence-electron chi connectivity index (χ1n) is 12.0. The molecule has 0 rings (SSSR count). The number of unbranched alkanes of at least 4 members (excludes halogenated alkanes) is 17. The van der Waals surface area contributed by atoms with Crippen LogP contribution in [-0.2, 0) is 9.53 Å². The van der Waals surface area contributed by atoms with Gasteiger partial charge in [-0.15, -0.1) is 0 Å². The number of hydrogen-bond donors (Lipinski definition) is 0. The maximum Gasteiger partial charge on any atom is 0.330 e. The van der Waals surface area contributed by atoms with E-state index in [2.05, 4.69) is 38.4 Å². The van der Waals surface area contributed by atoms with E-state index in [9.17, 15) is 4.79 Å². The Balaban J connectivity index is 3.03. The third kappa shape index (κ3) is 26.4. The zero-order valence-corrected chi connectivity index (χ0v) is 22.7. The molecular weight excluding hydrogens is 508 g/mol.